The van der Waals surface area contributed by atoms with E-state index in [2.05, 4.69) is 27.2 Å². The number of rotatable bonds is 7. The number of carbonyl (C=O) groups is 1. The molecule has 0 saturated carbocycles. The summed E-state index contributed by atoms with van der Waals surface area (Å²) in [6, 6.07) is 11.7. The largest absolute Gasteiger partial charge is 0.508 e. The SMILES string of the molecule is C=C(O)c1ccc([C@H](C)NC(=S)c2cc(C(=O)NCc3ccc(F)c(C)c3)ncn2)cc1C. The Bertz CT molecular complexity index is 1230. The lowest BCUT2D eigenvalue weighted by molar-refractivity contribution is 0.0945. The lowest BCUT2D eigenvalue weighted by atomic mass is 10.0. The lowest BCUT2D eigenvalue weighted by Gasteiger charge is -2.18. The van der Waals surface area contributed by atoms with Crippen LogP contribution in [0.15, 0.2) is 55.4 Å². The number of carbonyl (C=O) groups excluding carboxylic acids is 1. The third-order valence-electron chi connectivity index (χ3n) is 5.22. The van der Waals surface area contributed by atoms with Crippen LogP contribution in [-0.4, -0.2) is 26.0 Å². The lowest BCUT2D eigenvalue weighted by Crippen LogP contribution is -2.28. The van der Waals surface area contributed by atoms with Crippen molar-refractivity contribution in [1.29, 1.82) is 0 Å². The highest BCUT2D eigenvalue weighted by molar-refractivity contribution is 7.80. The summed E-state index contributed by atoms with van der Waals surface area (Å²) < 4.78 is 13.4. The van der Waals surface area contributed by atoms with Crippen LogP contribution in [-0.2, 0) is 6.54 Å². The number of aryl methyl sites for hydroxylation is 2. The van der Waals surface area contributed by atoms with Crippen molar-refractivity contribution < 1.29 is 14.3 Å². The van der Waals surface area contributed by atoms with Crippen LogP contribution in [0.1, 0.15) is 57.0 Å². The van der Waals surface area contributed by atoms with E-state index in [1.54, 1.807) is 19.1 Å². The molecule has 3 rings (SSSR count). The molecular weight excluding hydrogens is 439 g/mol. The van der Waals surface area contributed by atoms with E-state index in [9.17, 15) is 14.3 Å². The predicted octanol–water partition coefficient (Wildman–Crippen LogP) is 4.72. The molecule has 0 aliphatic carbocycles. The number of benzene rings is 2. The molecule has 1 aromatic heterocycles. The van der Waals surface area contributed by atoms with Gasteiger partial charge in [0, 0.05) is 18.2 Å². The fraction of sp³-hybridized carbons (Fsp3) is 0.200. The summed E-state index contributed by atoms with van der Waals surface area (Å²) in [7, 11) is 0. The summed E-state index contributed by atoms with van der Waals surface area (Å²) in [5.74, 6) is -0.644. The standard InChI is InChI=1S/C25H25FN4O2S/c1-14-10-19(6-7-20(14)17(4)31)16(3)30-25(33)23-11-22(28-13-29-23)24(32)27-12-18-5-8-21(26)15(2)9-18/h5-11,13,16,31H,4,12H2,1-3H3,(H,27,32)(H,30,33)/t16-/m0/s1. The van der Waals surface area contributed by atoms with E-state index in [4.69, 9.17) is 12.2 Å². The van der Waals surface area contributed by atoms with Crippen LogP contribution in [0.25, 0.3) is 5.76 Å². The minimum absolute atomic E-state index is 0.0246. The fourth-order valence-corrected chi connectivity index (χ4v) is 3.62. The zero-order valence-electron chi connectivity index (χ0n) is 18.6. The third-order valence-corrected chi connectivity index (χ3v) is 5.54. The molecule has 6 nitrogen and oxygen atoms in total. The predicted molar refractivity (Wildman–Crippen MR) is 130 cm³/mol. The Morgan fingerprint density at radius 2 is 1.85 bits per heavy atom. The number of aliphatic hydroxyl groups is 1. The van der Waals surface area contributed by atoms with Gasteiger partial charge >= 0.3 is 0 Å². The van der Waals surface area contributed by atoms with Gasteiger partial charge in [-0.25, -0.2) is 14.4 Å². The van der Waals surface area contributed by atoms with E-state index >= 15 is 0 Å². The highest BCUT2D eigenvalue weighted by atomic mass is 32.1. The molecule has 33 heavy (non-hydrogen) atoms. The van der Waals surface area contributed by atoms with Gasteiger partial charge in [0.2, 0.25) is 0 Å². The summed E-state index contributed by atoms with van der Waals surface area (Å²) in [4.78, 5) is 21.1. The van der Waals surface area contributed by atoms with E-state index in [0.29, 0.717) is 21.8 Å². The summed E-state index contributed by atoms with van der Waals surface area (Å²) in [5.41, 5.74) is 4.47. The second-order valence-electron chi connectivity index (χ2n) is 7.77. The van der Waals surface area contributed by atoms with E-state index in [0.717, 1.165) is 16.7 Å². The Balaban J connectivity index is 1.66. The Kier molecular flexibility index (Phi) is 7.50. The summed E-state index contributed by atoms with van der Waals surface area (Å²) in [6.07, 6.45) is 1.29. The van der Waals surface area contributed by atoms with Gasteiger partial charge in [0.25, 0.3) is 5.91 Å². The van der Waals surface area contributed by atoms with Gasteiger partial charge in [-0.15, -0.1) is 0 Å². The highest BCUT2D eigenvalue weighted by Gasteiger charge is 2.14. The van der Waals surface area contributed by atoms with Gasteiger partial charge in [0.05, 0.1) is 0 Å². The molecule has 0 saturated heterocycles. The van der Waals surface area contributed by atoms with Crippen molar-refractivity contribution in [1.82, 2.24) is 20.6 Å². The Labute approximate surface area is 197 Å². The first-order valence-corrected chi connectivity index (χ1v) is 10.7. The minimum atomic E-state index is -0.382. The number of amides is 1. The van der Waals surface area contributed by atoms with E-state index in [1.165, 1.54) is 18.5 Å². The first kappa shape index (κ1) is 24.0. The van der Waals surface area contributed by atoms with Crippen LogP contribution < -0.4 is 10.6 Å². The van der Waals surface area contributed by atoms with Crippen LogP contribution in [0, 0.1) is 19.7 Å². The number of hydrogen-bond donors (Lipinski definition) is 3. The molecule has 3 aromatic rings. The summed E-state index contributed by atoms with van der Waals surface area (Å²) >= 11 is 5.49. The number of aromatic nitrogens is 2. The van der Waals surface area contributed by atoms with Gasteiger partial charge in [0.1, 0.15) is 34.3 Å². The van der Waals surface area contributed by atoms with Crippen molar-refractivity contribution in [3.8, 4) is 0 Å². The molecule has 1 amide bonds. The Morgan fingerprint density at radius 3 is 2.52 bits per heavy atom. The molecule has 8 heteroatoms. The molecule has 0 aliphatic rings. The highest BCUT2D eigenvalue weighted by Crippen LogP contribution is 2.21. The maximum atomic E-state index is 13.4. The van der Waals surface area contributed by atoms with Crippen molar-refractivity contribution in [3.05, 3.63) is 100 Å². The Morgan fingerprint density at radius 1 is 1.12 bits per heavy atom. The van der Waals surface area contributed by atoms with Gasteiger partial charge in [-0.05, 0) is 55.2 Å². The van der Waals surface area contributed by atoms with Gasteiger partial charge in [-0.1, -0.05) is 49.1 Å². The van der Waals surface area contributed by atoms with Crippen LogP contribution in [0.5, 0.6) is 0 Å². The molecule has 0 fully saturated rings. The Hall–Kier alpha value is -3.65. The van der Waals surface area contributed by atoms with Crippen LogP contribution in [0.3, 0.4) is 0 Å². The van der Waals surface area contributed by atoms with E-state index in [1.807, 2.05) is 32.0 Å². The average Bonchev–Trinajstić information content (AvgIpc) is 2.79. The van der Waals surface area contributed by atoms with Gasteiger partial charge in [0.15, 0.2) is 0 Å². The van der Waals surface area contributed by atoms with Gasteiger partial charge < -0.3 is 15.7 Å². The molecule has 1 atom stereocenters. The second kappa shape index (κ2) is 10.3. The normalized spacial score (nSPS) is 11.5. The maximum Gasteiger partial charge on any atom is 0.270 e. The molecule has 3 N–H and O–H groups in total. The monoisotopic (exact) mass is 464 g/mol. The van der Waals surface area contributed by atoms with Crippen LogP contribution in [0.2, 0.25) is 0 Å². The first-order chi connectivity index (χ1) is 15.7. The summed E-state index contributed by atoms with van der Waals surface area (Å²) in [5, 5.41) is 15.6. The molecule has 0 aliphatic heterocycles. The number of thiocarbonyl (C=S) groups is 1. The summed E-state index contributed by atoms with van der Waals surface area (Å²) in [6.45, 7) is 9.33. The zero-order chi connectivity index (χ0) is 24.1. The maximum absolute atomic E-state index is 13.4. The molecule has 0 radical (unpaired) electrons. The van der Waals surface area contributed by atoms with Crippen molar-refractivity contribution in [3.63, 3.8) is 0 Å². The average molecular weight is 465 g/mol. The van der Waals surface area contributed by atoms with E-state index in [-0.39, 0.29) is 35.8 Å². The van der Waals surface area contributed by atoms with Gasteiger partial charge in [-0.2, -0.15) is 0 Å². The second-order valence-corrected chi connectivity index (χ2v) is 8.18. The van der Waals surface area contributed by atoms with E-state index < -0.39 is 0 Å². The number of nitrogens with zero attached hydrogens (tertiary/aromatic N) is 2. The zero-order valence-corrected chi connectivity index (χ0v) is 19.5. The number of hydrogen-bond acceptors (Lipinski definition) is 5. The van der Waals surface area contributed by atoms with Crippen molar-refractivity contribution in [2.75, 3.05) is 0 Å². The van der Waals surface area contributed by atoms with Crippen LogP contribution >= 0.6 is 12.2 Å². The van der Waals surface area contributed by atoms with Crippen molar-refractivity contribution >= 4 is 28.9 Å². The van der Waals surface area contributed by atoms with Crippen molar-refractivity contribution in [2.45, 2.75) is 33.4 Å². The molecule has 0 spiro atoms. The smallest absolute Gasteiger partial charge is 0.270 e. The first-order valence-electron chi connectivity index (χ1n) is 10.3. The molecule has 2 aromatic carbocycles. The molecule has 0 unspecified atom stereocenters. The molecule has 170 valence electrons. The minimum Gasteiger partial charge on any atom is -0.508 e. The molecular formula is C25H25FN4O2S. The quantitative estimate of drug-likeness (QED) is 0.347. The third kappa shape index (κ3) is 5.98. The molecule has 0 bridgehead atoms. The number of aliphatic hydroxyl groups excluding tert-OH is 1. The van der Waals surface area contributed by atoms with Crippen molar-refractivity contribution in [2.24, 2.45) is 0 Å². The number of halogens is 1. The number of nitrogens with one attached hydrogen (secondary N) is 2. The topological polar surface area (TPSA) is 87.1 Å². The molecule has 1 heterocycles. The fourth-order valence-electron chi connectivity index (χ4n) is 3.33. The van der Waals surface area contributed by atoms with Crippen LogP contribution in [0.4, 0.5) is 4.39 Å². The van der Waals surface area contributed by atoms with Gasteiger partial charge in [-0.3, -0.25) is 4.79 Å².